The fraction of sp³-hybridized carbons (Fsp3) is 0.214. The van der Waals surface area contributed by atoms with Gasteiger partial charge in [-0.25, -0.2) is 0 Å². The van der Waals surface area contributed by atoms with Gasteiger partial charge in [0.1, 0.15) is 12.4 Å². The molecule has 0 saturated heterocycles. The average molecular weight is 214 g/mol. The van der Waals surface area contributed by atoms with Gasteiger partial charge in [0.05, 0.1) is 0 Å². The zero-order chi connectivity index (χ0) is 11.5. The third kappa shape index (κ3) is 2.40. The van der Waals surface area contributed by atoms with E-state index >= 15 is 0 Å². The summed E-state index contributed by atoms with van der Waals surface area (Å²) in [5.74, 6) is 0.960. The summed E-state index contributed by atoms with van der Waals surface area (Å²) in [6.45, 7) is 4.12. The number of carbonyl (C=O) groups is 1. The van der Waals surface area contributed by atoms with Crippen LogP contribution in [-0.2, 0) is 4.79 Å². The lowest BCUT2D eigenvalue weighted by Gasteiger charge is -2.16. The SMILES string of the molecule is CC(=O)/C=C/C1=Cc2cc(C)ccc2OC1. The summed E-state index contributed by atoms with van der Waals surface area (Å²) >= 11 is 0. The predicted molar refractivity (Wildman–Crippen MR) is 64.5 cm³/mol. The van der Waals surface area contributed by atoms with Crippen LogP contribution in [0.4, 0.5) is 0 Å². The van der Waals surface area contributed by atoms with E-state index in [4.69, 9.17) is 4.74 Å². The van der Waals surface area contributed by atoms with Crippen molar-refractivity contribution in [2.24, 2.45) is 0 Å². The maximum Gasteiger partial charge on any atom is 0.152 e. The highest BCUT2D eigenvalue weighted by molar-refractivity contribution is 5.88. The van der Waals surface area contributed by atoms with E-state index in [9.17, 15) is 4.79 Å². The van der Waals surface area contributed by atoms with Crippen LogP contribution in [-0.4, -0.2) is 12.4 Å². The van der Waals surface area contributed by atoms with Gasteiger partial charge in [0.25, 0.3) is 0 Å². The molecule has 0 aliphatic carbocycles. The number of hydrogen-bond acceptors (Lipinski definition) is 2. The second-order valence-electron chi connectivity index (χ2n) is 3.99. The van der Waals surface area contributed by atoms with E-state index in [1.807, 2.05) is 25.1 Å². The maximum atomic E-state index is 10.8. The Morgan fingerprint density at radius 3 is 3.00 bits per heavy atom. The van der Waals surface area contributed by atoms with E-state index in [-0.39, 0.29) is 5.78 Å². The van der Waals surface area contributed by atoms with Crippen LogP contribution in [0.2, 0.25) is 0 Å². The third-order valence-corrected chi connectivity index (χ3v) is 2.43. The van der Waals surface area contributed by atoms with Crippen molar-refractivity contribution in [3.63, 3.8) is 0 Å². The van der Waals surface area contributed by atoms with Crippen LogP contribution in [0.5, 0.6) is 5.75 Å². The fourth-order valence-electron chi connectivity index (χ4n) is 1.64. The molecule has 0 radical (unpaired) electrons. The van der Waals surface area contributed by atoms with Gasteiger partial charge in [-0.15, -0.1) is 0 Å². The number of benzene rings is 1. The first-order chi connectivity index (χ1) is 7.65. The minimum atomic E-state index is 0.0518. The zero-order valence-corrected chi connectivity index (χ0v) is 9.49. The average Bonchev–Trinajstić information content (AvgIpc) is 2.25. The van der Waals surface area contributed by atoms with Gasteiger partial charge in [0, 0.05) is 5.56 Å². The van der Waals surface area contributed by atoms with Gasteiger partial charge in [0.2, 0.25) is 0 Å². The van der Waals surface area contributed by atoms with Crippen molar-refractivity contribution in [2.75, 3.05) is 6.61 Å². The van der Waals surface area contributed by atoms with E-state index in [1.54, 1.807) is 13.0 Å². The Hall–Kier alpha value is -1.83. The molecule has 0 fully saturated rings. The van der Waals surface area contributed by atoms with E-state index < -0.39 is 0 Å². The monoisotopic (exact) mass is 214 g/mol. The van der Waals surface area contributed by atoms with Gasteiger partial charge < -0.3 is 4.74 Å². The largest absolute Gasteiger partial charge is 0.488 e. The first-order valence-electron chi connectivity index (χ1n) is 5.28. The van der Waals surface area contributed by atoms with Gasteiger partial charge in [-0.1, -0.05) is 17.7 Å². The number of ketones is 1. The summed E-state index contributed by atoms with van der Waals surface area (Å²) in [4.78, 5) is 10.8. The standard InChI is InChI=1S/C14H14O2/c1-10-3-6-14-13(7-10)8-12(9-16-14)5-4-11(2)15/h3-8H,9H2,1-2H3/b5-4+. The molecule has 82 valence electrons. The summed E-state index contributed by atoms with van der Waals surface area (Å²) in [5.41, 5.74) is 3.30. The highest BCUT2D eigenvalue weighted by atomic mass is 16.5. The Bertz CT molecular complexity index is 482. The molecule has 16 heavy (non-hydrogen) atoms. The first kappa shape index (κ1) is 10.7. The maximum absolute atomic E-state index is 10.8. The minimum absolute atomic E-state index is 0.0518. The van der Waals surface area contributed by atoms with Crippen molar-refractivity contribution in [1.29, 1.82) is 0 Å². The molecular formula is C14H14O2. The molecule has 1 aliphatic heterocycles. The first-order valence-corrected chi connectivity index (χ1v) is 5.28. The molecule has 0 atom stereocenters. The number of fused-ring (bicyclic) bond motifs is 1. The molecule has 1 aliphatic rings. The lowest BCUT2D eigenvalue weighted by Crippen LogP contribution is -2.06. The molecule has 0 N–H and O–H groups in total. The Balaban J connectivity index is 2.30. The smallest absolute Gasteiger partial charge is 0.152 e. The van der Waals surface area contributed by atoms with Crippen LogP contribution in [0.3, 0.4) is 0 Å². The van der Waals surface area contributed by atoms with Crippen LogP contribution in [0.25, 0.3) is 6.08 Å². The number of hydrogen-bond donors (Lipinski definition) is 0. The number of ether oxygens (including phenoxy) is 1. The summed E-state index contributed by atoms with van der Waals surface area (Å²) in [6.07, 6.45) is 5.44. The molecule has 0 spiro atoms. The van der Waals surface area contributed by atoms with Crippen LogP contribution in [0.1, 0.15) is 18.1 Å². The Labute approximate surface area is 95.2 Å². The van der Waals surface area contributed by atoms with E-state index in [1.165, 1.54) is 5.56 Å². The van der Waals surface area contributed by atoms with Crippen molar-refractivity contribution in [3.05, 3.63) is 47.1 Å². The van der Waals surface area contributed by atoms with Crippen LogP contribution >= 0.6 is 0 Å². The van der Waals surface area contributed by atoms with Crippen molar-refractivity contribution in [1.82, 2.24) is 0 Å². The fourth-order valence-corrected chi connectivity index (χ4v) is 1.64. The third-order valence-electron chi connectivity index (χ3n) is 2.43. The van der Waals surface area contributed by atoms with Crippen molar-refractivity contribution < 1.29 is 9.53 Å². The van der Waals surface area contributed by atoms with Gasteiger partial charge in [-0.3, -0.25) is 4.79 Å². The topological polar surface area (TPSA) is 26.3 Å². The molecule has 1 heterocycles. The Morgan fingerprint density at radius 2 is 2.25 bits per heavy atom. The Kier molecular flexibility index (Phi) is 2.91. The molecule has 0 saturated carbocycles. The normalized spacial score (nSPS) is 14.2. The summed E-state index contributed by atoms with van der Waals surface area (Å²) in [6, 6.07) is 6.09. The molecule has 0 bridgehead atoms. The highest BCUT2D eigenvalue weighted by Gasteiger charge is 2.09. The van der Waals surface area contributed by atoms with E-state index in [0.29, 0.717) is 6.61 Å². The summed E-state index contributed by atoms with van der Waals surface area (Å²) in [7, 11) is 0. The Morgan fingerprint density at radius 1 is 1.44 bits per heavy atom. The highest BCUT2D eigenvalue weighted by Crippen LogP contribution is 2.27. The van der Waals surface area contributed by atoms with Crippen LogP contribution in [0, 0.1) is 6.92 Å². The molecule has 0 amide bonds. The van der Waals surface area contributed by atoms with Crippen molar-refractivity contribution in [3.8, 4) is 5.75 Å². The molecule has 1 aromatic carbocycles. The lowest BCUT2D eigenvalue weighted by atomic mass is 10.0. The predicted octanol–water partition coefficient (Wildman–Crippen LogP) is 2.92. The van der Waals surface area contributed by atoms with E-state index in [2.05, 4.69) is 12.1 Å². The second-order valence-corrected chi connectivity index (χ2v) is 3.99. The molecule has 1 aromatic rings. The van der Waals surface area contributed by atoms with Gasteiger partial charge in [0.15, 0.2) is 5.78 Å². The van der Waals surface area contributed by atoms with E-state index in [0.717, 1.165) is 16.9 Å². The van der Waals surface area contributed by atoms with Crippen molar-refractivity contribution >= 4 is 11.9 Å². The van der Waals surface area contributed by atoms with Gasteiger partial charge in [-0.05, 0) is 43.7 Å². The lowest BCUT2D eigenvalue weighted by molar-refractivity contribution is -0.112. The number of allylic oxidation sites excluding steroid dienone is 1. The van der Waals surface area contributed by atoms with Crippen LogP contribution in [0.15, 0.2) is 35.9 Å². The number of aryl methyl sites for hydroxylation is 1. The summed E-state index contributed by atoms with van der Waals surface area (Å²) < 4.78 is 5.59. The number of carbonyl (C=O) groups excluding carboxylic acids is 1. The molecule has 2 heteroatoms. The molecule has 2 nitrogen and oxygen atoms in total. The van der Waals surface area contributed by atoms with Gasteiger partial charge >= 0.3 is 0 Å². The zero-order valence-electron chi connectivity index (χ0n) is 9.49. The number of rotatable bonds is 2. The molecular weight excluding hydrogens is 200 g/mol. The van der Waals surface area contributed by atoms with Gasteiger partial charge in [-0.2, -0.15) is 0 Å². The molecule has 0 aromatic heterocycles. The van der Waals surface area contributed by atoms with Crippen LogP contribution < -0.4 is 4.74 Å². The summed E-state index contributed by atoms with van der Waals surface area (Å²) in [5, 5.41) is 0. The quantitative estimate of drug-likeness (QED) is 0.707. The molecule has 2 rings (SSSR count). The minimum Gasteiger partial charge on any atom is -0.488 e. The molecule has 0 unspecified atom stereocenters. The second kappa shape index (κ2) is 4.35. The van der Waals surface area contributed by atoms with Crippen molar-refractivity contribution in [2.45, 2.75) is 13.8 Å².